The number of H-pyrrole nitrogens is 1. The van der Waals surface area contributed by atoms with Crippen molar-refractivity contribution >= 4 is 78.6 Å². The SMILES string of the molecule is CC(C)[C@H](NC(=O)[C@H](C)NC(=O)[C@H](Cc1cnc[nH]1)NC(=O)[C@H](CO)NC(=O)[C@H](CS)NC(=O)O)C(=O)N[C@@H](CO)C(=O)N[C@@H](CO)C(=O)N[C@@H](CS)C(N)=O. The Bertz CT molecular complexity index is 1540. The fraction of sp³-hybridized carbons (Fsp3) is 0.600. The van der Waals surface area contributed by atoms with Gasteiger partial charge in [-0.15, -0.1) is 0 Å². The van der Waals surface area contributed by atoms with Crippen molar-refractivity contribution in [3.8, 4) is 0 Å². The van der Waals surface area contributed by atoms with Crippen LogP contribution in [0.4, 0.5) is 4.79 Å². The Morgan fingerprint density at radius 3 is 1.45 bits per heavy atom. The summed E-state index contributed by atoms with van der Waals surface area (Å²) < 4.78 is 0. The Morgan fingerprint density at radius 1 is 0.625 bits per heavy atom. The molecule has 0 saturated carbocycles. The zero-order valence-electron chi connectivity index (χ0n) is 30.5. The van der Waals surface area contributed by atoms with Crippen molar-refractivity contribution in [2.75, 3.05) is 31.3 Å². The van der Waals surface area contributed by atoms with Crippen LogP contribution in [-0.4, -0.2) is 163 Å². The van der Waals surface area contributed by atoms with E-state index in [1.807, 2.05) is 5.32 Å². The van der Waals surface area contributed by atoms with E-state index in [0.29, 0.717) is 5.69 Å². The van der Waals surface area contributed by atoms with E-state index >= 15 is 0 Å². The molecule has 56 heavy (non-hydrogen) atoms. The molecule has 0 spiro atoms. The van der Waals surface area contributed by atoms with Crippen LogP contribution in [-0.2, 0) is 44.8 Å². The van der Waals surface area contributed by atoms with Crippen molar-refractivity contribution in [3.63, 3.8) is 0 Å². The number of thiol groups is 2. The summed E-state index contributed by atoms with van der Waals surface area (Å²) in [6.07, 6.45) is 0.871. The smallest absolute Gasteiger partial charge is 0.405 e. The number of imidazole rings is 1. The summed E-state index contributed by atoms with van der Waals surface area (Å²) in [5.41, 5.74) is 5.51. The number of carbonyl (C=O) groups excluding carboxylic acids is 8. The molecule has 1 aromatic rings. The average Bonchev–Trinajstić information content (AvgIpc) is 3.66. The molecule has 26 heteroatoms. The number of hydrogen-bond donors (Lipinski definition) is 16. The van der Waals surface area contributed by atoms with Crippen LogP contribution in [0.3, 0.4) is 0 Å². The van der Waals surface area contributed by atoms with Gasteiger partial charge in [0.05, 0.1) is 26.1 Å². The van der Waals surface area contributed by atoms with Crippen molar-refractivity contribution in [2.45, 2.75) is 75.5 Å². The minimum absolute atomic E-state index is 0.185. The van der Waals surface area contributed by atoms with Gasteiger partial charge in [0.25, 0.3) is 0 Å². The van der Waals surface area contributed by atoms with Crippen LogP contribution in [0.1, 0.15) is 26.5 Å². The van der Waals surface area contributed by atoms with Crippen LogP contribution < -0.4 is 48.3 Å². The number of rotatable bonds is 24. The molecule has 0 unspecified atom stereocenters. The van der Waals surface area contributed by atoms with Gasteiger partial charge < -0.3 is 73.7 Å². The maximum absolute atomic E-state index is 13.4. The third-order valence-corrected chi connectivity index (χ3v) is 8.43. The molecule has 0 aromatic carbocycles. The predicted octanol–water partition coefficient (Wildman–Crippen LogP) is -7.02. The van der Waals surface area contributed by atoms with Crippen molar-refractivity contribution < 1.29 is 63.6 Å². The van der Waals surface area contributed by atoms with Crippen LogP contribution in [0.15, 0.2) is 12.5 Å². The van der Waals surface area contributed by atoms with Crippen molar-refractivity contribution in [1.29, 1.82) is 0 Å². The number of aliphatic hydroxyl groups is 3. The highest BCUT2D eigenvalue weighted by Gasteiger charge is 2.34. The van der Waals surface area contributed by atoms with E-state index in [9.17, 15) is 58.5 Å². The van der Waals surface area contributed by atoms with Gasteiger partial charge in [-0.25, -0.2) is 9.78 Å². The third kappa shape index (κ3) is 15.9. The molecule has 314 valence electrons. The number of primary amides is 1. The van der Waals surface area contributed by atoms with Crippen LogP contribution >= 0.6 is 25.3 Å². The summed E-state index contributed by atoms with van der Waals surface area (Å²) in [5, 5.41) is 56.0. The summed E-state index contributed by atoms with van der Waals surface area (Å²) in [6.45, 7) is 1.44. The van der Waals surface area contributed by atoms with E-state index in [1.54, 1.807) is 0 Å². The number of hydrogen-bond acceptors (Lipinski definition) is 15. The average molecular weight is 836 g/mol. The first kappa shape index (κ1) is 48.8. The minimum atomic E-state index is -1.69. The Kier molecular flexibility index (Phi) is 21.2. The molecule has 0 aliphatic rings. The number of carboxylic acid groups (broad SMARTS) is 1. The number of aromatic amines is 1. The second-order valence-electron chi connectivity index (χ2n) is 12.4. The second kappa shape index (κ2) is 24.4. The van der Waals surface area contributed by atoms with Crippen LogP contribution in [0.25, 0.3) is 0 Å². The predicted molar refractivity (Wildman–Crippen MR) is 199 cm³/mol. The molecular weight excluding hydrogens is 787 g/mol. The lowest BCUT2D eigenvalue weighted by molar-refractivity contribution is -0.136. The lowest BCUT2D eigenvalue weighted by Gasteiger charge is -2.27. The summed E-state index contributed by atoms with van der Waals surface area (Å²) in [6, 6.07) is -11.7. The highest BCUT2D eigenvalue weighted by molar-refractivity contribution is 7.80. The zero-order chi connectivity index (χ0) is 42.7. The molecule has 1 rings (SSSR count). The van der Waals surface area contributed by atoms with E-state index in [-0.39, 0.29) is 17.9 Å². The van der Waals surface area contributed by atoms with Gasteiger partial charge in [-0.3, -0.25) is 38.4 Å². The fourth-order valence-electron chi connectivity index (χ4n) is 4.50. The number of aromatic nitrogens is 2. The molecule has 0 radical (unpaired) electrons. The van der Waals surface area contributed by atoms with Crippen LogP contribution in [0, 0.1) is 5.92 Å². The largest absolute Gasteiger partial charge is 0.465 e. The maximum atomic E-state index is 13.4. The number of nitrogens with one attached hydrogen (secondary N) is 9. The molecule has 0 saturated heterocycles. The highest BCUT2D eigenvalue weighted by Crippen LogP contribution is 2.06. The third-order valence-electron chi connectivity index (χ3n) is 7.70. The molecule has 8 atom stereocenters. The van der Waals surface area contributed by atoms with Gasteiger partial charge in [0.2, 0.25) is 47.3 Å². The molecule has 0 aliphatic carbocycles. The Labute approximate surface area is 330 Å². The number of nitrogens with two attached hydrogens (primary N) is 1. The lowest BCUT2D eigenvalue weighted by Crippen LogP contribution is -2.61. The van der Waals surface area contributed by atoms with E-state index in [4.69, 9.17) is 10.8 Å². The Morgan fingerprint density at radius 2 is 1.05 bits per heavy atom. The maximum Gasteiger partial charge on any atom is 0.405 e. The number of carbonyl (C=O) groups is 9. The first-order valence-electron chi connectivity index (χ1n) is 16.8. The van der Waals surface area contributed by atoms with Gasteiger partial charge in [0, 0.05) is 29.8 Å². The van der Waals surface area contributed by atoms with E-state index < -0.39 is 127 Å². The van der Waals surface area contributed by atoms with Crippen LogP contribution in [0.5, 0.6) is 0 Å². The molecular formula is C30H49N11O13S2. The first-order valence-corrected chi connectivity index (χ1v) is 18.0. The molecule has 9 amide bonds. The standard InChI is InChI=1S/C30H49N11O13S2/c1-12(2)21(29(52)38-18(8-44)26(49)36-17(7-43)27(50)39-19(9-55)22(31)45)41-23(46)13(3)34-24(47)15(4-14-5-32-11-33-14)35-25(48)16(6-42)37-28(51)20(10-56)40-30(53)54/h5,11-13,15-21,40,42-44,55-56H,4,6-10H2,1-3H3,(H2,31,45)(H,32,33)(H,34,47)(H,35,48)(H,36,49)(H,37,51)(H,38,52)(H,39,50)(H,41,46)(H,53,54)/t13-,15-,16-,17-,18-,19-,20-,21-/m0/s1. The Balaban J connectivity index is 3.04. The minimum Gasteiger partial charge on any atom is -0.465 e. The first-order chi connectivity index (χ1) is 26.3. The summed E-state index contributed by atoms with van der Waals surface area (Å²) in [5.74, 6) is -9.01. The second-order valence-corrected chi connectivity index (χ2v) is 13.1. The number of nitrogens with zero attached hydrogens (tertiary/aromatic N) is 1. The summed E-state index contributed by atoms with van der Waals surface area (Å²) >= 11 is 7.78. The summed E-state index contributed by atoms with van der Waals surface area (Å²) in [7, 11) is 0. The van der Waals surface area contributed by atoms with E-state index in [2.05, 4.69) is 72.4 Å². The topological polar surface area (TPSA) is 385 Å². The highest BCUT2D eigenvalue weighted by atomic mass is 32.1. The quantitative estimate of drug-likeness (QED) is 0.0431. The molecule has 1 heterocycles. The van der Waals surface area contributed by atoms with Crippen LogP contribution in [0.2, 0.25) is 0 Å². The van der Waals surface area contributed by atoms with Gasteiger partial charge in [-0.1, -0.05) is 13.8 Å². The molecule has 1 aromatic heterocycles. The van der Waals surface area contributed by atoms with Gasteiger partial charge >= 0.3 is 6.09 Å². The van der Waals surface area contributed by atoms with Gasteiger partial charge in [0.1, 0.15) is 48.3 Å². The van der Waals surface area contributed by atoms with E-state index in [1.165, 1.54) is 33.3 Å². The van der Waals surface area contributed by atoms with Crippen molar-refractivity contribution in [1.82, 2.24) is 52.5 Å². The Hall–Kier alpha value is -5.18. The van der Waals surface area contributed by atoms with Gasteiger partial charge in [-0.05, 0) is 12.8 Å². The molecule has 0 fully saturated rings. The van der Waals surface area contributed by atoms with Gasteiger partial charge in [-0.2, -0.15) is 25.3 Å². The lowest BCUT2D eigenvalue weighted by atomic mass is 10.0. The zero-order valence-corrected chi connectivity index (χ0v) is 32.3. The van der Waals surface area contributed by atoms with Crippen molar-refractivity contribution in [3.05, 3.63) is 18.2 Å². The van der Waals surface area contributed by atoms with E-state index in [0.717, 1.165) is 0 Å². The van der Waals surface area contributed by atoms with Crippen molar-refractivity contribution in [2.24, 2.45) is 11.7 Å². The van der Waals surface area contributed by atoms with Gasteiger partial charge in [0.15, 0.2) is 0 Å². The summed E-state index contributed by atoms with van der Waals surface area (Å²) in [4.78, 5) is 120. The molecule has 0 bridgehead atoms. The number of amides is 9. The molecule has 24 nitrogen and oxygen atoms in total. The number of aliphatic hydroxyl groups excluding tert-OH is 3. The monoisotopic (exact) mass is 835 g/mol. The molecule has 0 aliphatic heterocycles. The normalized spacial score (nSPS) is 15.2. The molecule has 15 N–H and O–H groups in total. The fourth-order valence-corrected chi connectivity index (χ4v) is 5.03.